The molecule has 0 aromatic heterocycles. The molecular formula is C24H14Cl2O12S5. The third-order valence-electron chi connectivity index (χ3n) is 6.38. The summed E-state index contributed by atoms with van der Waals surface area (Å²) in [4.78, 5) is -5.07. The van der Waals surface area contributed by atoms with E-state index in [1.165, 1.54) is 12.1 Å². The standard InChI is InChI=1S/C24H14Cl2O12S5/c25-19-7-3-15(11-23(19)42(33,34)35)39(27,28)13-1-5-17-18-6-2-14(10-22(18)41(31,32)21(17)9-13)40(29,30)16-4-8-20(26)24(12-16)43(36,37)38/h1-12H,(H,33,34,35)(H,36,37,38). The zero-order valence-electron chi connectivity index (χ0n) is 20.7. The van der Waals surface area contributed by atoms with Crippen molar-refractivity contribution in [3.8, 4) is 11.1 Å². The molecule has 0 radical (unpaired) electrons. The van der Waals surface area contributed by atoms with Gasteiger partial charge >= 0.3 is 0 Å². The van der Waals surface area contributed by atoms with E-state index >= 15 is 0 Å². The number of halogens is 2. The maximum absolute atomic E-state index is 13.5. The second-order valence-corrected chi connectivity index (χ2v) is 18.3. The molecule has 1 aliphatic rings. The molecule has 0 atom stereocenters. The van der Waals surface area contributed by atoms with Crippen molar-refractivity contribution in [2.45, 2.75) is 39.2 Å². The largest absolute Gasteiger partial charge is 0.296 e. The van der Waals surface area contributed by atoms with Gasteiger partial charge in [-0.15, -0.1) is 0 Å². The molecule has 4 aromatic carbocycles. The third-order valence-corrected chi connectivity index (χ3v) is 14.4. The molecule has 0 fully saturated rings. The van der Waals surface area contributed by atoms with E-state index in [1.54, 1.807) is 0 Å². The van der Waals surface area contributed by atoms with E-state index < -0.39 is 99.0 Å². The average Bonchev–Trinajstić information content (AvgIpc) is 3.13. The quantitative estimate of drug-likeness (QED) is 0.238. The van der Waals surface area contributed by atoms with Gasteiger partial charge in [-0.1, -0.05) is 35.3 Å². The second-order valence-electron chi connectivity index (χ2n) is 8.96. The van der Waals surface area contributed by atoms with E-state index in [0.717, 1.165) is 48.5 Å². The van der Waals surface area contributed by atoms with Gasteiger partial charge < -0.3 is 0 Å². The normalized spacial score (nSPS) is 14.7. The van der Waals surface area contributed by atoms with Crippen LogP contribution in [0, 0.1) is 0 Å². The van der Waals surface area contributed by atoms with Gasteiger partial charge in [0.2, 0.25) is 29.5 Å². The minimum atomic E-state index is -4.90. The molecule has 0 aliphatic carbocycles. The van der Waals surface area contributed by atoms with Crippen LogP contribution >= 0.6 is 23.2 Å². The predicted octanol–water partition coefficient (Wildman–Crippen LogP) is 3.97. The molecule has 0 spiro atoms. The van der Waals surface area contributed by atoms with E-state index in [0.29, 0.717) is 12.1 Å². The van der Waals surface area contributed by atoms with E-state index in [2.05, 4.69) is 0 Å². The van der Waals surface area contributed by atoms with Crippen LogP contribution in [-0.4, -0.2) is 51.2 Å². The number of hydrogen-bond donors (Lipinski definition) is 2. The summed E-state index contributed by atoms with van der Waals surface area (Å²) in [6.45, 7) is 0. The first-order valence-corrected chi connectivity index (χ1v) is 19.3. The Balaban J connectivity index is 1.61. The van der Waals surface area contributed by atoms with Crippen LogP contribution in [0.4, 0.5) is 0 Å². The second kappa shape index (κ2) is 10.1. The lowest BCUT2D eigenvalue weighted by atomic mass is 10.1. The lowest BCUT2D eigenvalue weighted by Gasteiger charge is -2.09. The fourth-order valence-corrected chi connectivity index (χ4v) is 11.0. The summed E-state index contributed by atoms with van der Waals surface area (Å²) < 4.78 is 145. The Morgan fingerprint density at radius 2 is 0.791 bits per heavy atom. The van der Waals surface area contributed by atoms with Gasteiger partial charge in [0.1, 0.15) is 9.79 Å². The van der Waals surface area contributed by atoms with Crippen LogP contribution in [0.1, 0.15) is 0 Å². The van der Waals surface area contributed by atoms with Gasteiger partial charge in [-0.3, -0.25) is 9.11 Å². The predicted molar refractivity (Wildman–Crippen MR) is 151 cm³/mol. The van der Waals surface area contributed by atoms with Gasteiger partial charge in [-0.25, -0.2) is 25.3 Å². The van der Waals surface area contributed by atoms with Crippen molar-refractivity contribution in [1.29, 1.82) is 0 Å². The number of fused-ring (bicyclic) bond motifs is 3. The molecule has 5 rings (SSSR count). The van der Waals surface area contributed by atoms with E-state index in [4.69, 9.17) is 23.2 Å². The van der Waals surface area contributed by atoms with Gasteiger partial charge in [-0.2, -0.15) is 16.8 Å². The molecular weight excluding hydrogens is 711 g/mol. The lowest BCUT2D eigenvalue weighted by molar-refractivity contribution is 0.480. The topological polar surface area (TPSA) is 211 Å². The maximum Gasteiger partial charge on any atom is 0.296 e. The van der Waals surface area contributed by atoms with Crippen LogP contribution in [-0.2, 0) is 49.7 Å². The Bertz CT molecular complexity index is 2290. The molecule has 1 aliphatic heterocycles. The molecule has 0 saturated heterocycles. The first kappa shape index (κ1) is 31.6. The van der Waals surface area contributed by atoms with Crippen molar-refractivity contribution in [1.82, 2.24) is 0 Å². The van der Waals surface area contributed by atoms with Crippen molar-refractivity contribution in [3.05, 3.63) is 82.8 Å². The molecule has 43 heavy (non-hydrogen) atoms. The van der Waals surface area contributed by atoms with E-state index in [9.17, 15) is 51.2 Å². The Morgan fingerprint density at radius 3 is 1.12 bits per heavy atom. The third kappa shape index (κ3) is 5.27. The molecule has 1 heterocycles. The molecule has 0 unspecified atom stereocenters. The summed E-state index contributed by atoms with van der Waals surface area (Å²) in [5.74, 6) is 0. The number of hydrogen-bond acceptors (Lipinski definition) is 10. The molecule has 2 N–H and O–H groups in total. The molecule has 12 nitrogen and oxygen atoms in total. The zero-order valence-corrected chi connectivity index (χ0v) is 26.3. The summed E-state index contributed by atoms with van der Waals surface area (Å²) in [6, 6.07) is 11.2. The molecule has 0 amide bonds. The maximum atomic E-state index is 13.5. The first-order chi connectivity index (χ1) is 19.7. The summed E-state index contributed by atoms with van der Waals surface area (Å²) in [5, 5.41) is -0.904. The summed E-state index contributed by atoms with van der Waals surface area (Å²) >= 11 is 11.5. The van der Waals surface area contributed by atoms with Crippen LogP contribution in [0.25, 0.3) is 11.1 Å². The van der Waals surface area contributed by atoms with Gasteiger partial charge in [0.15, 0.2) is 0 Å². The van der Waals surface area contributed by atoms with Gasteiger partial charge in [-0.05, 0) is 60.7 Å². The molecule has 19 heteroatoms. The van der Waals surface area contributed by atoms with Crippen molar-refractivity contribution in [2.75, 3.05) is 0 Å². The van der Waals surface area contributed by atoms with Crippen molar-refractivity contribution < 1.29 is 51.2 Å². The Morgan fingerprint density at radius 1 is 0.488 bits per heavy atom. The number of benzene rings is 4. The summed E-state index contributed by atoms with van der Waals surface area (Å²) in [5.41, 5.74) is 0.0977. The molecule has 0 saturated carbocycles. The van der Waals surface area contributed by atoms with E-state index in [1.807, 2.05) is 0 Å². The monoisotopic (exact) mass is 724 g/mol. The average molecular weight is 726 g/mol. The smallest absolute Gasteiger partial charge is 0.282 e. The van der Waals surface area contributed by atoms with Gasteiger partial charge in [0.25, 0.3) is 20.2 Å². The van der Waals surface area contributed by atoms with Crippen molar-refractivity contribution in [3.63, 3.8) is 0 Å². The Kier molecular flexibility index (Phi) is 7.40. The highest BCUT2D eigenvalue weighted by Crippen LogP contribution is 2.45. The minimum Gasteiger partial charge on any atom is -0.282 e. The summed E-state index contributed by atoms with van der Waals surface area (Å²) in [7, 11) is -23.4. The Hall–Kier alpha value is -2.87. The van der Waals surface area contributed by atoms with Crippen LogP contribution in [0.15, 0.2) is 112 Å². The van der Waals surface area contributed by atoms with Crippen LogP contribution in [0.5, 0.6) is 0 Å². The van der Waals surface area contributed by atoms with Crippen LogP contribution in [0.2, 0.25) is 10.0 Å². The molecule has 4 aromatic rings. The number of rotatable bonds is 6. The minimum absolute atomic E-state index is 0.0489. The van der Waals surface area contributed by atoms with E-state index in [-0.39, 0.29) is 11.1 Å². The SMILES string of the molecule is O=S(=O)(O)c1cc(S(=O)(=O)c2ccc3c(c2)S(=O)(=O)c2cc(S(=O)(=O)c4ccc(Cl)c(S(=O)(=O)O)c4)ccc2-3)ccc1Cl. The number of sulfone groups is 3. The van der Waals surface area contributed by atoms with Gasteiger partial charge in [0, 0.05) is 11.1 Å². The fourth-order valence-electron chi connectivity index (χ4n) is 4.32. The zero-order chi connectivity index (χ0) is 31.9. The molecule has 0 bridgehead atoms. The first-order valence-electron chi connectivity index (χ1n) is 11.2. The van der Waals surface area contributed by atoms with Crippen molar-refractivity contribution >= 4 is 72.9 Å². The fraction of sp³-hybridized carbons (Fsp3) is 0. The highest BCUT2D eigenvalue weighted by atomic mass is 35.5. The molecule has 226 valence electrons. The summed E-state index contributed by atoms with van der Waals surface area (Å²) in [6.07, 6.45) is 0. The lowest BCUT2D eigenvalue weighted by Crippen LogP contribution is -2.07. The Labute approximate surface area is 255 Å². The van der Waals surface area contributed by atoms with Crippen molar-refractivity contribution in [2.24, 2.45) is 0 Å². The highest BCUT2D eigenvalue weighted by molar-refractivity contribution is 7.93. The van der Waals surface area contributed by atoms with Crippen LogP contribution < -0.4 is 0 Å². The highest BCUT2D eigenvalue weighted by Gasteiger charge is 2.36. The van der Waals surface area contributed by atoms with Gasteiger partial charge in [0.05, 0.1) is 39.4 Å². The van der Waals surface area contributed by atoms with Crippen LogP contribution in [0.3, 0.4) is 0 Å².